The first-order valence-electron chi connectivity index (χ1n) is 6.36. The van der Waals surface area contributed by atoms with E-state index in [4.69, 9.17) is 0 Å². The van der Waals surface area contributed by atoms with E-state index in [0.717, 1.165) is 0 Å². The summed E-state index contributed by atoms with van der Waals surface area (Å²) < 4.78 is 0. The third kappa shape index (κ3) is 3.58. The fourth-order valence-corrected chi connectivity index (χ4v) is 2.97. The maximum atomic E-state index is 3.62. The molecule has 1 saturated heterocycles. The molecule has 2 nitrogen and oxygen atoms in total. The zero-order chi connectivity index (χ0) is 11.2. The highest BCUT2D eigenvalue weighted by atomic mass is 32.1. The second-order valence-electron chi connectivity index (χ2n) is 4.54. The van der Waals surface area contributed by atoms with E-state index in [0.29, 0.717) is 6.04 Å². The van der Waals surface area contributed by atoms with Gasteiger partial charge < -0.3 is 10.2 Å². The van der Waals surface area contributed by atoms with Gasteiger partial charge in [-0.25, -0.2) is 0 Å². The second kappa shape index (κ2) is 6.38. The standard InChI is InChI=1S/C13H22N2S/c1-2-12-11-15(8-4-7-14-12)9-6-13-5-3-10-16-13/h3,5,10,12,14H,2,4,6-9,11H2,1H3. The lowest BCUT2D eigenvalue weighted by Crippen LogP contribution is -2.37. The molecule has 1 atom stereocenters. The van der Waals surface area contributed by atoms with Crippen LogP contribution in [0.5, 0.6) is 0 Å². The van der Waals surface area contributed by atoms with E-state index in [1.165, 1.54) is 50.3 Å². The Bertz CT molecular complexity index is 284. The number of nitrogens with zero attached hydrogens (tertiary/aromatic N) is 1. The second-order valence-corrected chi connectivity index (χ2v) is 5.58. The van der Waals surface area contributed by atoms with Gasteiger partial charge in [0.25, 0.3) is 0 Å². The number of hydrogen-bond donors (Lipinski definition) is 1. The van der Waals surface area contributed by atoms with E-state index in [1.54, 1.807) is 0 Å². The maximum absolute atomic E-state index is 3.62. The molecule has 1 aromatic rings. The van der Waals surface area contributed by atoms with Gasteiger partial charge in [-0.15, -0.1) is 11.3 Å². The summed E-state index contributed by atoms with van der Waals surface area (Å²) in [6, 6.07) is 5.10. The van der Waals surface area contributed by atoms with Crippen molar-refractivity contribution in [2.45, 2.75) is 32.2 Å². The first-order valence-corrected chi connectivity index (χ1v) is 7.24. The SMILES string of the molecule is CCC1CN(CCc2cccs2)CCCN1. The number of hydrogen-bond acceptors (Lipinski definition) is 3. The molecule has 0 saturated carbocycles. The molecule has 1 aliphatic heterocycles. The van der Waals surface area contributed by atoms with Gasteiger partial charge in [-0.3, -0.25) is 0 Å². The zero-order valence-electron chi connectivity index (χ0n) is 10.1. The predicted molar refractivity (Wildman–Crippen MR) is 71.2 cm³/mol. The fraction of sp³-hybridized carbons (Fsp3) is 0.692. The molecule has 90 valence electrons. The minimum Gasteiger partial charge on any atom is -0.313 e. The predicted octanol–water partition coefficient (Wildman–Crippen LogP) is 2.36. The summed E-state index contributed by atoms with van der Waals surface area (Å²) in [5.74, 6) is 0. The lowest BCUT2D eigenvalue weighted by atomic mass is 10.2. The van der Waals surface area contributed by atoms with Crippen LogP contribution in [0.25, 0.3) is 0 Å². The maximum Gasteiger partial charge on any atom is 0.0192 e. The van der Waals surface area contributed by atoms with E-state index >= 15 is 0 Å². The average Bonchev–Trinajstić information content (AvgIpc) is 2.71. The zero-order valence-corrected chi connectivity index (χ0v) is 10.9. The van der Waals surface area contributed by atoms with Crippen molar-refractivity contribution in [3.63, 3.8) is 0 Å². The van der Waals surface area contributed by atoms with E-state index in [9.17, 15) is 0 Å². The molecule has 1 aliphatic rings. The summed E-state index contributed by atoms with van der Waals surface area (Å²) in [7, 11) is 0. The van der Waals surface area contributed by atoms with Crippen molar-refractivity contribution in [1.29, 1.82) is 0 Å². The molecule has 0 aromatic carbocycles. The topological polar surface area (TPSA) is 15.3 Å². The Morgan fingerprint density at radius 1 is 1.56 bits per heavy atom. The van der Waals surface area contributed by atoms with Crippen LogP contribution in [0, 0.1) is 0 Å². The molecule has 0 amide bonds. The number of thiophene rings is 1. The van der Waals surface area contributed by atoms with Gasteiger partial charge in [0.05, 0.1) is 0 Å². The third-order valence-electron chi connectivity index (χ3n) is 3.31. The van der Waals surface area contributed by atoms with Gasteiger partial charge in [-0.2, -0.15) is 0 Å². The van der Waals surface area contributed by atoms with Crippen molar-refractivity contribution >= 4 is 11.3 Å². The van der Waals surface area contributed by atoms with Crippen molar-refractivity contribution in [3.8, 4) is 0 Å². The summed E-state index contributed by atoms with van der Waals surface area (Å²) in [4.78, 5) is 4.14. The molecule has 0 aliphatic carbocycles. The van der Waals surface area contributed by atoms with Crippen molar-refractivity contribution in [2.75, 3.05) is 26.2 Å². The molecule has 2 heterocycles. The third-order valence-corrected chi connectivity index (χ3v) is 4.25. The van der Waals surface area contributed by atoms with Crippen LogP contribution < -0.4 is 5.32 Å². The Hall–Kier alpha value is -0.380. The molecule has 0 bridgehead atoms. The average molecular weight is 238 g/mol. The van der Waals surface area contributed by atoms with Crippen LogP contribution in [0.2, 0.25) is 0 Å². The fourth-order valence-electron chi connectivity index (χ4n) is 2.28. The molecule has 1 unspecified atom stereocenters. The Labute approximate surface area is 103 Å². The van der Waals surface area contributed by atoms with Crippen LogP contribution in [0.15, 0.2) is 17.5 Å². The highest BCUT2D eigenvalue weighted by molar-refractivity contribution is 7.09. The Kier molecular flexibility index (Phi) is 4.82. The molecule has 0 radical (unpaired) electrons. The van der Waals surface area contributed by atoms with Crippen molar-refractivity contribution in [2.24, 2.45) is 0 Å². The summed E-state index contributed by atoms with van der Waals surface area (Å²) in [6.07, 6.45) is 3.75. The van der Waals surface area contributed by atoms with E-state index in [1.807, 2.05) is 11.3 Å². The number of nitrogens with one attached hydrogen (secondary N) is 1. The Morgan fingerprint density at radius 2 is 2.50 bits per heavy atom. The normalized spacial score (nSPS) is 23.2. The van der Waals surface area contributed by atoms with Crippen LogP contribution in [-0.2, 0) is 6.42 Å². The van der Waals surface area contributed by atoms with Crippen molar-refractivity contribution in [3.05, 3.63) is 22.4 Å². The van der Waals surface area contributed by atoms with Crippen LogP contribution in [0.3, 0.4) is 0 Å². The van der Waals surface area contributed by atoms with Gasteiger partial charge in [0.15, 0.2) is 0 Å². The smallest absolute Gasteiger partial charge is 0.0192 e. The van der Waals surface area contributed by atoms with Gasteiger partial charge >= 0.3 is 0 Å². The molecule has 1 fully saturated rings. The molecule has 1 aromatic heterocycles. The van der Waals surface area contributed by atoms with Gasteiger partial charge in [0, 0.05) is 24.0 Å². The molecule has 3 heteroatoms. The van der Waals surface area contributed by atoms with E-state index in [2.05, 4.69) is 34.7 Å². The van der Waals surface area contributed by atoms with Crippen LogP contribution in [0.4, 0.5) is 0 Å². The Balaban J connectivity index is 1.79. The minimum absolute atomic E-state index is 0.700. The van der Waals surface area contributed by atoms with Crippen LogP contribution in [0.1, 0.15) is 24.6 Å². The monoisotopic (exact) mass is 238 g/mol. The summed E-state index contributed by atoms with van der Waals surface area (Å²) in [5.41, 5.74) is 0. The minimum atomic E-state index is 0.700. The molecular weight excluding hydrogens is 216 g/mol. The van der Waals surface area contributed by atoms with Gasteiger partial charge in [0.2, 0.25) is 0 Å². The lowest BCUT2D eigenvalue weighted by Gasteiger charge is -2.23. The summed E-state index contributed by atoms with van der Waals surface area (Å²) >= 11 is 1.88. The quantitative estimate of drug-likeness (QED) is 0.866. The molecular formula is C13H22N2S. The van der Waals surface area contributed by atoms with Crippen LogP contribution >= 0.6 is 11.3 Å². The summed E-state index contributed by atoms with van der Waals surface area (Å²) in [6.45, 7) is 7.17. The lowest BCUT2D eigenvalue weighted by molar-refractivity contribution is 0.269. The van der Waals surface area contributed by atoms with Crippen molar-refractivity contribution < 1.29 is 0 Å². The Morgan fingerprint density at radius 3 is 3.25 bits per heavy atom. The largest absolute Gasteiger partial charge is 0.313 e. The molecule has 0 spiro atoms. The molecule has 16 heavy (non-hydrogen) atoms. The van der Waals surface area contributed by atoms with Gasteiger partial charge in [0.1, 0.15) is 0 Å². The highest BCUT2D eigenvalue weighted by Gasteiger charge is 2.15. The first-order chi connectivity index (χ1) is 7.88. The first kappa shape index (κ1) is 12.1. The van der Waals surface area contributed by atoms with Gasteiger partial charge in [-0.05, 0) is 43.8 Å². The number of rotatable bonds is 4. The van der Waals surface area contributed by atoms with Crippen molar-refractivity contribution in [1.82, 2.24) is 10.2 Å². The summed E-state index contributed by atoms with van der Waals surface area (Å²) in [5, 5.41) is 5.79. The van der Waals surface area contributed by atoms with E-state index in [-0.39, 0.29) is 0 Å². The van der Waals surface area contributed by atoms with E-state index < -0.39 is 0 Å². The molecule has 1 N–H and O–H groups in total. The van der Waals surface area contributed by atoms with Gasteiger partial charge in [-0.1, -0.05) is 13.0 Å². The molecule has 2 rings (SSSR count). The van der Waals surface area contributed by atoms with Crippen LogP contribution in [-0.4, -0.2) is 37.1 Å². The highest BCUT2D eigenvalue weighted by Crippen LogP contribution is 2.11.